The van der Waals surface area contributed by atoms with E-state index in [1.54, 1.807) is 30.2 Å². The summed E-state index contributed by atoms with van der Waals surface area (Å²) in [5.74, 6) is -0.788. The predicted molar refractivity (Wildman–Crippen MR) is 156 cm³/mol. The van der Waals surface area contributed by atoms with Crippen LogP contribution >= 0.6 is 11.8 Å². The van der Waals surface area contributed by atoms with Gasteiger partial charge in [-0.2, -0.15) is 0 Å². The quantitative estimate of drug-likeness (QED) is 0.205. The number of amides is 1. The summed E-state index contributed by atoms with van der Waals surface area (Å²) in [6.45, 7) is 2.27. The van der Waals surface area contributed by atoms with E-state index in [1.807, 2.05) is 53.9 Å². The zero-order valence-electron chi connectivity index (χ0n) is 22.2. The second kappa shape index (κ2) is 12.6. The Morgan fingerprint density at radius 2 is 1.90 bits per heavy atom. The molecule has 1 unspecified atom stereocenters. The van der Waals surface area contributed by atoms with E-state index in [0.717, 1.165) is 5.69 Å². The van der Waals surface area contributed by atoms with Crippen molar-refractivity contribution in [3.8, 4) is 0 Å². The molecule has 0 aliphatic carbocycles. The molecule has 3 aromatic rings. The van der Waals surface area contributed by atoms with Crippen molar-refractivity contribution in [1.29, 1.82) is 0 Å². The first-order valence-corrected chi connectivity index (χ1v) is 14.0. The highest BCUT2D eigenvalue weighted by Gasteiger charge is 2.42. The van der Waals surface area contributed by atoms with Gasteiger partial charge in [0.15, 0.2) is 5.17 Å². The smallest absolute Gasteiger partial charge is 0.338 e. The number of esters is 1. The van der Waals surface area contributed by atoms with Crippen LogP contribution in [-0.4, -0.2) is 45.0 Å². The lowest BCUT2D eigenvalue weighted by Crippen LogP contribution is -2.38. The average molecular weight is 570 g/mol. The maximum Gasteiger partial charge on any atom is 0.338 e. The lowest BCUT2D eigenvalue weighted by atomic mass is 9.91. The van der Waals surface area contributed by atoms with E-state index in [0.29, 0.717) is 40.7 Å². The molecule has 0 bridgehead atoms. The van der Waals surface area contributed by atoms with Gasteiger partial charge >= 0.3 is 5.97 Å². The van der Waals surface area contributed by atoms with Gasteiger partial charge in [0.05, 0.1) is 35.3 Å². The van der Waals surface area contributed by atoms with Crippen LogP contribution in [0, 0.1) is 10.1 Å². The Morgan fingerprint density at radius 1 is 1.10 bits per heavy atom. The van der Waals surface area contributed by atoms with Crippen molar-refractivity contribution in [1.82, 2.24) is 15.2 Å². The van der Waals surface area contributed by atoms with E-state index in [2.05, 4.69) is 10.3 Å². The van der Waals surface area contributed by atoms with Crippen LogP contribution in [-0.2, 0) is 20.7 Å². The second-order valence-corrected chi connectivity index (χ2v) is 10.0. The number of carbonyl (C=O) groups is 2. The molecule has 3 heterocycles. The molecule has 2 aliphatic rings. The zero-order valence-corrected chi connectivity index (χ0v) is 23.0. The molecule has 0 fully saturated rings. The Labute approximate surface area is 241 Å². The van der Waals surface area contributed by atoms with E-state index in [9.17, 15) is 19.7 Å². The van der Waals surface area contributed by atoms with Crippen molar-refractivity contribution >= 4 is 40.2 Å². The Bertz CT molecular complexity index is 1560. The summed E-state index contributed by atoms with van der Waals surface area (Å²) in [5.41, 5.74) is 3.26. The maximum absolute atomic E-state index is 13.6. The summed E-state index contributed by atoms with van der Waals surface area (Å²) in [6.07, 6.45) is 2.32. The number of rotatable bonds is 10. The predicted octanol–water partition coefficient (Wildman–Crippen LogP) is 5.01. The van der Waals surface area contributed by atoms with Gasteiger partial charge in [0.1, 0.15) is 0 Å². The molecule has 208 valence electrons. The molecular formula is C30H27N5O5S. The lowest BCUT2D eigenvalue weighted by Gasteiger charge is -2.36. The molecule has 2 aromatic carbocycles. The minimum absolute atomic E-state index is 0.0242. The summed E-state index contributed by atoms with van der Waals surface area (Å²) in [4.78, 5) is 48.7. The summed E-state index contributed by atoms with van der Waals surface area (Å²) in [5, 5.41) is 17.0. The van der Waals surface area contributed by atoms with Crippen molar-refractivity contribution in [3.63, 3.8) is 0 Å². The van der Waals surface area contributed by atoms with Gasteiger partial charge in [-0.3, -0.25) is 19.9 Å². The van der Waals surface area contributed by atoms with Crippen molar-refractivity contribution < 1.29 is 19.2 Å². The number of fused-ring (bicyclic) bond motifs is 1. The molecule has 10 nitrogen and oxygen atoms in total. The van der Waals surface area contributed by atoms with Crippen LogP contribution in [0.15, 0.2) is 101 Å². The monoisotopic (exact) mass is 569 g/mol. The number of aliphatic imine (C=N–C) groups is 1. The Hall–Kier alpha value is -4.77. The molecule has 1 atom stereocenters. The summed E-state index contributed by atoms with van der Waals surface area (Å²) < 4.78 is 5.48. The Balaban J connectivity index is 1.51. The van der Waals surface area contributed by atoms with Crippen molar-refractivity contribution in [2.24, 2.45) is 4.99 Å². The summed E-state index contributed by atoms with van der Waals surface area (Å²) in [7, 11) is 0. The number of carbonyl (C=O) groups excluding carboxylic acids is 2. The molecule has 0 saturated heterocycles. The fourth-order valence-electron chi connectivity index (χ4n) is 4.72. The minimum Gasteiger partial charge on any atom is -0.463 e. The van der Waals surface area contributed by atoms with Crippen LogP contribution < -0.4 is 5.32 Å². The summed E-state index contributed by atoms with van der Waals surface area (Å²) >= 11 is 1.34. The maximum atomic E-state index is 13.6. The molecule has 1 N–H and O–H groups in total. The van der Waals surface area contributed by atoms with Gasteiger partial charge < -0.3 is 15.0 Å². The molecule has 1 aromatic heterocycles. The number of thioether (sulfide) groups is 1. The number of benzene rings is 2. The molecule has 11 heteroatoms. The summed E-state index contributed by atoms with van der Waals surface area (Å²) in [6, 6.07) is 20.3. The molecule has 0 spiro atoms. The molecular weight excluding hydrogens is 542 g/mol. The second-order valence-electron chi connectivity index (χ2n) is 9.19. The van der Waals surface area contributed by atoms with Gasteiger partial charge in [0.2, 0.25) is 5.91 Å². The Morgan fingerprint density at radius 3 is 2.63 bits per heavy atom. The highest BCUT2D eigenvalue weighted by atomic mass is 32.2. The molecule has 0 radical (unpaired) electrons. The number of pyridine rings is 1. The zero-order chi connectivity index (χ0) is 28.8. The van der Waals surface area contributed by atoms with Crippen molar-refractivity contribution in [2.75, 3.05) is 13.2 Å². The first kappa shape index (κ1) is 27.8. The normalized spacial score (nSPS) is 16.0. The molecule has 41 heavy (non-hydrogen) atoms. The number of aromatic nitrogens is 1. The van der Waals surface area contributed by atoms with Crippen LogP contribution in [0.2, 0.25) is 0 Å². The van der Waals surface area contributed by atoms with E-state index in [4.69, 9.17) is 9.73 Å². The van der Waals surface area contributed by atoms with Crippen LogP contribution in [0.3, 0.4) is 0 Å². The molecule has 5 rings (SSSR count). The number of amidine groups is 1. The third kappa shape index (κ3) is 6.20. The SMILES string of the molecule is CCOC(=O)C1=C(c2ccccc2)N=C2SC=C(CC(=O)NCCc3ccccn3)N2C1c1cccc([N+](=O)[O-])c1. The number of nitro benzene ring substituents is 1. The fourth-order valence-corrected chi connectivity index (χ4v) is 5.63. The average Bonchev–Trinajstić information content (AvgIpc) is 3.39. The van der Waals surface area contributed by atoms with Crippen molar-refractivity contribution in [3.05, 3.63) is 123 Å². The standard InChI is InChI=1S/C30H27N5O5S/c1-2-40-29(37)26-27(20-9-4-3-5-10-20)33-30-34(28(26)21-11-8-13-23(17-21)35(38)39)24(19-41-30)18-25(36)32-16-14-22-12-6-7-15-31-22/h3-13,15,17,19,28H,2,14,16,18H2,1H3,(H,32,36). The number of hydrogen-bond donors (Lipinski definition) is 1. The van der Waals surface area contributed by atoms with E-state index in [-0.39, 0.29) is 30.2 Å². The number of nitro groups is 1. The van der Waals surface area contributed by atoms with Crippen LogP contribution in [0.5, 0.6) is 0 Å². The van der Waals surface area contributed by atoms with E-state index >= 15 is 0 Å². The highest BCUT2D eigenvalue weighted by molar-refractivity contribution is 8.16. The van der Waals surface area contributed by atoms with Gasteiger partial charge in [0, 0.05) is 48.2 Å². The van der Waals surface area contributed by atoms with Gasteiger partial charge in [-0.05, 0) is 30.0 Å². The largest absolute Gasteiger partial charge is 0.463 e. The molecule has 2 aliphatic heterocycles. The topological polar surface area (TPSA) is 127 Å². The van der Waals surface area contributed by atoms with Gasteiger partial charge in [0.25, 0.3) is 5.69 Å². The van der Waals surface area contributed by atoms with Crippen molar-refractivity contribution in [2.45, 2.75) is 25.8 Å². The van der Waals surface area contributed by atoms with E-state index < -0.39 is 16.9 Å². The third-order valence-corrected chi connectivity index (χ3v) is 7.41. The number of nitrogens with zero attached hydrogens (tertiary/aromatic N) is 4. The fraction of sp³-hybridized carbons (Fsp3) is 0.200. The lowest BCUT2D eigenvalue weighted by molar-refractivity contribution is -0.384. The van der Waals surface area contributed by atoms with Gasteiger partial charge in [-0.1, -0.05) is 60.3 Å². The van der Waals surface area contributed by atoms with Gasteiger partial charge in [-0.15, -0.1) is 0 Å². The Kier molecular flexibility index (Phi) is 8.54. The van der Waals surface area contributed by atoms with Crippen LogP contribution in [0.25, 0.3) is 5.70 Å². The van der Waals surface area contributed by atoms with Crippen LogP contribution in [0.4, 0.5) is 5.69 Å². The first-order valence-electron chi connectivity index (χ1n) is 13.1. The number of nitrogens with one attached hydrogen (secondary N) is 1. The number of hydrogen-bond acceptors (Lipinski definition) is 9. The minimum atomic E-state index is -0.806. The molecule has 1 amide bonds. The van der Waals surface area contributed by atoms with Crippen LogP contribution in [0.1, 0.15) is 36.2 Å². The number of non-ortho nitro benzene ring substituents is 1. The molecule has 0 saturated carbocycles. The third-order valence-electron chi connectivity index (χ3n) is 6.52. The highest BCUT2D eigenvalue weighted by Crippen LogP contribution is 2.47. The number of ether oxygens (including phenoxy) is 1. The van der Waals surface area contributed by atoms with Gasteiger partial charge in [-0.25, -0.2) is 9.79 Å². The first-order chi connectivity index (χ1) is 20.0. The van der Waals surface area contributed by atoms with E-state index in [1.165, 1.54) is 23.9 Å².